The maximum absolute atomic E-state index is 12.3. The number of amides is 1. The molecule has 1 aromatic carbocycles. The summed E-state index contributed by atoms with van der Waals surface area (Å²) in [6, 6.07) is 4.29. The van der Waals surface area contributed by atoms with Crippen molar-refractivity contribution in [2.24, 2.45) is 7.05 Å². The summed E-state index contributed by atoms with van der Waals surface area (Å²) >= 11 is 0. The molecule has 0 fully saturated rings. The van der Waals surface area contributed by atoms with Crippen molar-refractivity contribution in [3.63, 3.8) is 0 Å². The van der Waals surface area contributed by atoms with Gasteiger partial charge in [0.25, 0.3) is 0 Å². The zero-order chi connectivity index (χ0) is 20.4. The predicted octanol–water partition coefficient (Wildman–Crippen LogP) is 0.736. The average Bonchev–Trinajstić information content (AvgIpc) is 2.87. The van der Waals surface area contributed by atoms with Gasteiger partial charge in [-0.2, -0.15) is 0 Å². The molecular weight excluding hydrogens is 372 g/mol. The lowest BCUT2D eigenvalue weighted by Gasteiger charge is -2.11. The quantitative estimate of drug-likeness (QED) is 0.679. The second-order valence-corrected chi connectivity index (χ2v) is 8.74. The van der Waals surface area contributed by atoms with Gasteiger partial charge in [0.1, 0.15) is 5.82 Å². The molecule has 0 aliphatic heterocycles. The van der Waals surface area contributed by atoms with Gasteiger partial charge in [-0.25, -0.2) is 17.7 Å². The maximum atomic E-state index is 12.3. The summed E-state index contributed by atoms with van der Waals surface area (Å²) in [7, 11) is 1.18. The summed E-state index contributed by atoms with van der Waals surface area (Å²) in [6.07, 6.45) is 0.373. The SMILES string of the molecule is CC(CC(=O)O)NC(=O)CCc1nc2cc(S(=O)(=O)N(C)C)ccc2n1C. The van der Waals surface area contributed by atoms with E-state index in [0.29, 0.717) is 17.8 Å². The van der Waals surface area contributed by atoms with Gasteiger partial charge in [0.05, 0.1) is 22.3 Å². The van der Waals surface area contributed by atoms with Crippen LogP contribution in [0.1, 0.15) is 25.6 Å². The number of carboxylic acid groups (broad SMARTS) is 1. The Labute approximate surface area is 158 Å². The van der Waals surface area contributed by atoms with E-state index in [1.54, 1.807) is 20.0 Å². The Morgan fingerprint density at radius 3 is 2.59 bits per heavy atom. The lowest BCUT2D eigenvalue weighted by atomic mass is 10.2. The number of sulfonamides is 1. The Kier molecular flexibility index (Phi) is 6.22. The maximum Gasteiger partial charge on any atom is 0.305 e. The zero-order valence-electron chi connectivity index (χ0n) is 15.8. The number of aromatic nitrogens is 2. The number of rotatable bonds is 8. The van der Waals surface area contributed by atoms with Gasteiger partial charge in [0, 0.05) is 40.0 Å². The van der Waals surface area contributed by atoms with E-state index in [9.17, 15) is 18.0 Å². The van der Waals surface area contributed by atoms with Gasteiger partial charge in [0.2, 0.25) is 15.9 Å². The number of nitrogens with zero attached hydrogens (tertiary/aromatic N) is 3. The second-order valence-electron chi connectivity index (χ2n) is 6.59. The lowest BCUT2D eigenvalue weighted by molar-refractivity contribution is -0.137. The molecule has 2 aromatic rings. The van der Waals surface area contributed by atoms with Gasteiger partial charge in [-0.1, -0.05) is 0 Å². The van der Waals surface area contributed by atoms with Gasteiger partial charge in [0.15, 0.2) is 0 Å². The number of imidazole rings is 1. The molecule has 0 spiro atoms. The molecule has 148 valence electrons. The Morgan fingerprint density at radius 1 is 1.33 bits per heavy atom. The molecule has 2 rings (SSSR count). The van der Waals surface area contributed by atoms with E-state index >= 15 is 0 Å². The fourth-order valence-electron chi connectivity index (χ4n) is 2.71. The zero-order valence-corrected chi connectivity index (χ0v) is 16.6. The number of benzene rings is 1. The molecule has 27 heavy (non-hydrogen) atoms. The summed E-state index contributed by atoms with van der Waals surface area (Å²) in [5.74, 6) is -0.584. The van der Waals surface area contributed by atoms with Crippen molar-refractivity contribution in [1.82, 2.24) is 19.2 Å². The minimum atomic E-state index is -3.55. The Bertz CT molecular complexity index is 965. The van der Waals surface area contributed by atoms with Crippen LogP contribution < -0.4 is 5.32 Å². The number of aryl methyl sites for hydroxylation is 2. The Morgan fingerprint density at radius 2 is 2.00 bits per heavy atom. The van der Waals surface area contributed by atoms with E-state index in [-0.39, 0.29) is 23.6 Å². The number of hydrogen-bond acceptors (Lipinski definition) is 5. The Hall–Kier alpha value is -2.46. The molecule has 2 N–H and O–H groups in total. The minimum absolute atomic E-state index is 0.138. The van der Waals surface area contributed by atoms with E-state index < -0.39 is 22.0 Å². The smallest absolute Gasteiger partial charge is 0.305 e. The second kappa shape index (κ2) is 8.05. The molecule has 10 heteroatoms. The first-order valence-corrected chi connectivity index (χ1v) is 9.85. The topological polar surface area (TPSA) is 122 Å². The van der Waals surface area contributed by atoms with Crippen LogP contribution in [0.5, 0.6) is 0 Å². The molecule has 0 aliphatic carbocycles. The van der Waals surface area contributed by atoms with Crippen molar-refractivity contribution >= 4 is 32.9 Å². The van der Waals surface area contributed by atoms with Crippen LogP contribution >= 0.6 is 0 Å². The van der Waals surface area contributed by atoms with Gasteiger partial charge in [-0.05, 0) is 25.1 Å². The molecule has 0 aliphatic rings. The fraction of sp³-hybridized carbons (Fsp3) is 0.471. The third-order valence-corrected chi connectivity index (χ3v) is 6.00. The highest BCUT2D eigenvalue weighted by atomic mass is 32.2. The molecule has 0 bridgehead atoms. The third-order valence-electron chi connectivity index (χ3n) is 4.19. The minimum Gasteiger partial charge on any atom is -0.481 e. The molecule has 0 saturated carbocycles. The van der Waals surface area contributed by atoms with E-state index in [2.05, 4.69) is 10.3 Å². The first kappa shape index (κ1) is 20.8. The van der Waals surface area contributed by atoms with Crippen molar-refractivity contribution in [1.29, 1.82) is 0 Å². The van der Waals surface area contributed by atoms with Crippen LogP contribution in [0.4, 0.5) is 0 Å². The van der Waals surface area contributed by atoms with E-state index in [1.165, 1.54) is 26.2 Å². The van der Waals surface area contributed by atoms with Crippen LogP contribution in [0, 0.1) is 0 Å². The normalized spacial score (nSPS) is 13.1. The van der Waals surface area contributed by atoms with Crippen LogP contribution in [0.3, 0.4) is 0 Å². The molecule has 1 aromatic heterocycles. The van der Waals surface area contributed by atoms with Crippen LogP contribution in [0.25, 0.3) is 11.0 Å². The van der Waals surface area contributed by atoms with E-state index in [1.807, 2.05) is 4.57 Å². The molecule has 0 saturated heterocycles. The highest BCUT2D eigenvalue weighted by Crippen LogP contribution is 2.21. The summed E-state index contributed by atoms with van der Waals surface area (Å²) in [5, 5.41) is 11.4. The number of nitrogens with one attached hydrogen (secondary N) is 1. The van der Waals surface area contributed by atoms with Crippen LogP contribution in [-0.4, -0.2) is 59.4 Å². The van der Waals surface area contributed by atoms with Gasteiger partial charge in [-0.3, -0.25) is 9.59 Å². The number of aliphatic carboxylic acids is 1. The summed E-state index contributed by atoms with van der Waals surface area (Å²) in [5.41, 5.74) is 1.30. The summed E-state index contributed by atoms with van der Waals surface area (Å²) < 4.78 is 27.5. The molecule has 1 amide bonds. The third kappa shape index (κ3) is 4.83. The highest BCUT2D eigenvalue weighted by Gasteiger charge is 2.19. The number of carbonyl (C=O) groups is 2. The number of carboxylic acids is 1. The van der Waals surface area contributed by atoms with Crippen molar-refractivity contribution in [2.45, 2.75) is 37.1 Å². The van der Waals surface area contributed by atoms with Gasteiger partial charge < -0.3 is 15.0 Å². The molecule has 0 radical (unpaired) electrons. The number of fused-ring (bicyclic) bond motifs is 1. The predicted molar refractivity (Wildman–Crippen MR) is 99.8 cm³/mol. The molecule has 9 nitrogen and oxygen atoms in total. The highest BCUT2D eigenvalue weighted by molar-refractivity contribution is 7.89. The van der Waals surface area contributed by atoms with Crippen LogP contribution in [-0.2, 0) is 33.1 Å². The molecule has 1 heterocycles. The van der Waals surface area contributed by atoms with E-state index in [0.717, 1.165) is 9.82 Å². The fourth-order valence-corrected chi connectivity index (χ4v) is 3.63. The Balaban J connectivity index is 2.14. The van der Waals surface area contributed by atoms with Crippen molar-refractivity contribution < 1.29 is 23.1 Å². The molecule has 1 atom stereocenters. The average molecular weight is 396 g/mol. The first-order chi connectivity index (χ1) is 12.5. The van der Waals surface area contributed by atoms with Crippen molar-refractivity contribution in [2.75, 3.05) is 14.1 Å². The standard InChI is InChI=1S/C17H24N4O5S/c1-11(9-17(23)24)18-16(22)8-7-15-19-13-10-12(27(25,26)20(2)3)5-6-14(13)21(15)4/h5-6,10-11H,7-9H2,1-4H3,(H,18,22)(H,23,24). The number of carbonyl (C=O) groups excluding carboxylic acids is 1. The summed E-state index contributed by atoms with van der Waals surface area (Å²) in [6.45, 7) is 1.63. The number of hydrogen-bond donors (Lipinski definition) is 2. The summed E-state index contributed by atoms with van der Waals surface area (Å²) in [4.78, 5) is 27.2. The van der Waals surface area contributed by atoms with Crippen LogP contribution in [0.15, 0.2) is 23.1 Å². The molecular formula is C17H24N4O5S. The van der Waals surface area contributed by atoms with E-state index in [4.69, 9.17) is 5.11 Å². The van der Waals surface area contributed by atoms with Crippen molar-refractivity contribution in [3.05, 3.63) is 24.0 Å². The van der Waals surface area contributed by atoms with Crippen LogP contribution in [0.2, 0.25) is 0 Å². The van der Waals surface area contributed by atoms with Gasteiger partial charge in [-0.15, -0.1) is 0 Å². The monoisotopic (exact) mass is 396 g/mol. The van der Waals surface area contributed by atoms with Gasteiger partial charge >= 0.3 is 5.97 Å². The first-order valence-electron chi connectivity index (χ1n) is 8.41. The molecule has 1 unspecified atom stereocenters. The lowest BCUT2D eigenvalue weighted by Crippen LogP contribution is -2.34. The van der Waals surface area contributed by atoms with Crippen molar-refractivity contribution in [3.8, 4) is 0 Å². The largest absolute Gasteiger partial charge is 0.481 e.